The molecule has 1 aliphatic heterocycles. The van der Waals surface area contributed by atoms with Crippen LogP contribution in [0.5, 0.6) is 5.88 Å². The van der Waals surface area contributed by atoms with Gasteiger partial charge in [-0.25, -0.2) is 4.98 Å². The standard InChI is InChI=1S/C29H28BrClN2O2/c1-35-28-25(17-21-15-22(30)10-11-26(21)33-28)27(20-8-5-9-23(31)16-20)29(34)12-13-32-24(18-29)14-19-6-3-2-4-7-19/h2-11,15-17,24,27,32,34H,12-14,18H2,1H3. The maximum absolute atomic E-state index is 12.3. The van der Waals surface area contributed by atoms with Crippen LogP contribution in [0.3, 0.4) is 0 Å². The minimum atomic E-state index is -1.01. The normalized spacial score (nSPS) is 21.1. The molecule has 2 N–H and O–H groups in total. The van der Waals surface area contributed by atoms with Crippen LogP contribution in [0.2, 0.25) is 5.02 Å². The number of fused-ring (bicyclic) bond motifs is 1. The van der Waals surface area contributed by atoms with Crippen molar-refractivity contribution in [2.24, 2.45) is 0 Å². The van der Waals surface area contributed by atoms with Gasteiger partial charge in [-0.15, -0.1) is 0 Å². The average Bonchev–Trinajstić information content (AvgIpc) is 2.84. The molecule has 35 heavy (non-hydrogen) atoms. The fourth-order valence-electron chi connectivity index (χ4n) is 5.38. The van der Waals surface area contributed by atoms with E-state index in [1.807, 2.05) is 48.5 Å². The number of piperidine rings is 1. The second kappa shape index (κ2) is 10.3. The fourth-order valence-corrected chi connectivity index (χ4v) is 5.96. The molecule has 6 heteroatoms. The molecule has 1 saturated heterocycles. The van der Waals surface area contributed by atoms with E-state index >= 15 is 0 Å². The number of halogens is 2. The number of aliphatic hydroxyl groups is 1. The van der Waals surface area contributed by atoms with Crippen molar-refractivity contribution >= 4 is 38.4 Å². The topological polar surface area (TPSA) is 54.4 Å². The minimum absolute atomic E-state index is 0.145. The number of hydrogen-bond donors (Lipinski definition) is 2. The van der Waals surface area contributed by atoms with Gasteiger partial charge in [-0.05, 0) is 73.3 Å². The van der Waals surface area contributed by atoms with Crippen molar-refractivity contribution in [3.8, 4) is 5.88 Å². The number of hydrogen-bond acceptors (Lipinski definition) is 4. The number of nitrogens with one attached hydrogen (secondary N) is 1. The highest BCUT2D eigenvalue weighted by Gasteiger charge is 2.44. The first-order chi connectivity index (χ1) is 16.9. The monoisotopic (exact) mass is 550 g/mol. The van der Waals surface area contributed by atoms with E-state index in [-0.39, 0.29) is 12.0 Å². The first-order valence-electron chi connectivity index (χ1n) is 11.8. The minimum Gasteiger partial charge on any atom is -0.481 e. The van der Waals surface area contributed by atoms with Crippen molar-refractivity contribution < 1.29 is 9.84 Å². The molecule has 0 amide bonds. The first-order valence-corrected chi connectivity index (χ1v) is 13.0. The highest BCUT2D eigenvalue weighted by atomic mass is 79.9. The van der Waals surface area contributed by atoms with Crippen LogP contribution in [0.25, 0.3) is 10.9 Å². The van der Waals surface area contributed by atoms with Crippen LogP contribution >= 0.6 is 27.5 Å². The van der Waals surface area contributed by atoms with Crippen molar-refractivity contribution in [2.45, 2.75) is 36.8 Å². The molecular weight excluding hydrogens is 524 g/mol. The second-order valence-electron chi connectivity index (χ2n) is 9.31. The Hall–Kier alpha value is -2.44. The van der Waals surface area contributed by atoms with Crippen LogP contribution in [0, 0.1) is 0 Å². The van der Waals surface area contributed by atoms with Crippen molar-refractivity contribution in [3.63, 3.8) is 0 Å². The largest absolute Gasteiger partial charge is 0.481 e. The van der Waals surface area contributed by atoms with Crippen LogP contribution in [-0.4, -0.2) is 35.4 Å². The van der Waals surface area contributed by atoms with Gasteiger partial charge in [0.05, 0.1) is 18.2 Å². The number of methoxy groups -OCH3 is 1. The van der Waals surface area contributed by atoms with E-state index in [1.165, 1.54) is 5.56 Å². The number of nitrogens with zero attached hydrogens (tertiary/aromatic N) is 1. The molecule has 0 aliphatic carbocycles. The quantitative estimate of drug-likeness (QED) is 0.287. The molecule has 5 rings (SSSR count). The number of pyridine rings is 1. The van der Waals surface area contributed by atoms with Crippen LogP contribution in [0.1, 0.15) is 35.4 Å². The average molecular weight is 552 g/mol. The second-order valence-corrected chi connectivity index (χ2v) is 10.7. The summed E-state index contributed by atoms with van der Waals surface area (Å²) in [7, 11) is 1.64. The van der Waals surface area contributed by atoms with Crippen LogP contribution in [0.4, 0.5) is 0 Å². The molecular formula is C29H28BrClN2O2. The van der Waals surface area contributed by atoms with E-state index in [1.54, 1.807) is 7.11 Å². The van der Waals surface area contributed by atoms with Gasteiger partial charge in [0.1, 0.15) is 0 Å². The van der Waals surface area contributed by atoms with Crippen LogP contribution in [0.15, 0.2) is 83.3 Å². The van der Waals surface area contributed by atoms with Gasteiger partial charge in [0, 0.05) is 32.4 Å². The maximum Gasteiger partial charge on any atom is 0.217 e. The molecule has 180 valence electrons. The Balaban J connectivity index is 1.61. The fraction of sp³-hybridized carbons (Fsp3) is 0.276. The smallest absolute Gasteiger partial charge is 0.217 e. The van der Waals surface area contributed by atoms with E-state index in [2.05, 4.69) is 51.6 Å². The summed E-state index contributed by atoms with van der Waals surface area (Å²) in [6.45, 7) is 0.722. The van der Waals surface area contributed by atoms with Gasteiger partial charge in [-0.2, -0.15) is 0 Å². The molecule has 3 aromatic carbocycles. The van der Waals surface area contributed by atoms with E-state index < -0.39 is 5.60 Å². The SMILES string of the molecule is COc1nc2ccc(Br)cc2cc1C(c1cccc(Cl)c1)C1(O)CCNC(Cc2ccccc2)C1. The zero-order chi connectivity index (χ0) is 24.4. The highest BCUT2D eigenvalue weighted by Crippen LogP contribution is 2.45. The lowest BCUT2D eigenvalue weighted by molar-refractivity contribution is -0.0191. The Bertz CT molecular complexity index is 1330. The summed E-state index contributed by atoms with van der Waals surface area (Å²) in [6.07, 6.45) is 2.05. The Labute approximate surface area is 219 Å². The van der Waals surface area contributed by atoms with Gasteiger partial charge in [0.15, 0.2) is 0 Å². The summed E-state index contributed by atoms with van der Waals surface area (Å²) in [5.41, 5.74) is 2.91. The molecule has 3 atom stereocenters. The summed E-state index contributed by atoms with van der Waals surface area (Å²) in [6, 6.07) is 26.4. The molecule has 4 nitrogen and oxygen atoms in total. The van der Waals surface area contributed by atoms with Gasteiger partial charge in [-0.1, -0.05) is 70.0 Å². The van der Waals surface area contributed by atoms with E-state index in [0.29, 0.717) is 23.7 Å². The van der Waals surface area contributed by atoms with Crippen molar-refractivity contribution in [1.82, 2.24) is 10.3 Å². The van der Waals surface area contributed by atoms with Crippen LogP contribution in [-0.2, 0) is 6.42 Å². The highest BCUT2D eigenvalue weighted by molar-refractivity contribution is 9.10. The number of rotatable bonds is 6. The maximum atomic E-state index is 12.3. The van der Waals surface area contributed by atoms with Crippen molar-refractivity contribution in [3.05, 3.63) is 105 Å². The zero-order valence-electron chi connectivity index (χ0n) is 19.5. The Morgan fingerprint density at radius 3 is 2.71 bits per heavy atom. The van der Waals surface area contributed by atoms with E-state index in [4.69, 9.17) is 21.3 Å². The molecule has 0 saturated carbocycles. The molecule has 0 radical (unpaired) electrons. The molecule has 0 spiro atoms. The summed E-state index contributed by atoms with van der Waals surface area (Å²) < 4.78 is 6.77. The van der Waals surface area contributed by atoms with Crippen LogP contribution < -0.4 is 10.1 Å². The number of ether oxygens (including phenoxy) is 1. The molecule has 0 bridgehead atoms. The molecule has 1 aliphatic rings. The molecule has 1 aromatic heterocycles. The number of benzene rings is 3. The third-order valence-corrected chi connectivity index (χ3v) is 7.64. The summed E-state index contributed by atoms with van der Waals surface area (Å²) in [4.78, 5) is 4.81. The predicted molar refractivity (Wildman–Crippen MR) is 145 cm³/mol. The lowest BCUT2D eigenvalue weighted by Crippen LogP contribution is -2.52. The lowest BCUT2D eigenvalue weighted by Gasteiger charge is -2.43. The Morgan fingerprint density at radius 1 is 1.11 bits per heavy atom. The van der Waals surface area contributed by atoms with Crippen molar-refractivity contribution in [2.75, 3.05) is 13.7 Å². The Morgan fingerprint density at radius 2 is 1.94 bits per heavy atom. The van der Waals surface area contributed by atoms with Gasteiger partial charge < -0.3 is 15.2 Å². The molecule has 4 aromatic rings. The zero-order valence-corrected chi connectivity index (χ0v) is 21.9. The van der Waals surface area contributed by atoms with Gasteiger partial charge in [-0.3, -0.25) is 0 Å². The van der Waals surface area contributed by atoms with Gasteiger partial charge in [0.25, 0.3) is 0 Å². The van der Waals surface area contributed by atoms with E-state index in [0.717, 1.165) is 39.5 Å². The first kappa shape index (κ1) is 24.3. The third-order valence-electron chi connectivity index (χ3n) is 6.91. The molecule has 1 fully saturated rings. The number of aromatic nitrogens is 1. The van der Waals surface area contributed by atoms with Gasteiger partial charge in [0.2, 0.25) is 5.88 Å². The Kier molecular flexibility index (Phi) is 7.12. The molecule has 2 heterocycles. The summed E-state index contributed by atoms with van der Waals surface area (Å²) in [5, 5.41) is 17.6. The lowest BCUT2D eigenvalue weighted by atomic mass is 9.70. The van der Waals surface area contributed by atoms with Gasteiger partial charge >= 0.3 is 0 Å². The predicted octanol–water partition coefficient (Wildman–Crippen LogP) is 6.52. The third kappa shape index (κ3) is 5.24. The summed E-state index contributed by atoms with van der Waals surface area (Å²) >= 11 is 10.0. The molecule has 3 unspecified atom stereocenters. The van der Waals surface area contributed by atoms with Crippen molar-refractivity contribution in [1.29, 1.82) is 0 Å². The van der Waals surface area contributed by atoms with E-state index in [9.17, 15) is 5.11 Å². The summed E-state index contributed by atoms with van der Waals surface area (Å²) in [5.74, 6) is 0.170.